The third-order valence-electron chi connectivity index (χ3n) is 8.19. The highest BCUT2D eigenvalue weighted by Crippen LogP contribution is 2.61. The first kappa shape index (κ1) is 44.8. The number of benzene rings is 3. The van der Waals surface area contributed by atoms with Crippen LogP contribution in [0.2, 0.25) is 10.0 Å². The van der Waals surface area contributed by atoms with Crippen molar-refractivity contribution in [2.75, 3.05) is 5.73 Å². The number of alkyl halides is 9. The van der Waals surface area contributed by atoms with Gasteiger partial charge in [0, 0.05) is 5.56 Å². The smallest absolute Gasteiger partial charge is 0.457 e. The number of esters is 1. The first-order valence-electron chi connectivity index (χ1n) is 15.5. The van der Waals surface area contributed by atoms with Crippen LogP contribution in [-0.4, -0.2) is 31.6 Å². The topological polar surface area (TPSA) is 144 Å². The molecule has 0 amide bonds. The van der Waals surface area contributed by atoms with Crippen LogP contribution in [0, 0.1) is 39.9 Å². The van der Waals surface area contributed by atoms with Gasteiger partial charge in [-0.05, 0) is 47.7 Å². The third kappa shape index (κ3) is 10.3. The highest BCUT2D eigenvalue weighted by molar-refractivity contribution is 7.86. The number of nitrogens with two attached hydrogens (primary N) is 1. The summed E-state index contributed by atoms with van der Waals surface area (Å²) in [5.41, 5.74) is -2.79. The molecular formula is C35H23Cl3F9N5O4S. The SMILES string of the molecule is CC1(C)[C@H](C(=O)O[C@H](C#N)c2cccc(Oc3ccccc3)c2)[C@@H]1/C=C(\Cl)C(F)(F)F.N#Cc1nn(-c2c(Cl)cc(C(F)(F)F)cc2Cl)c(N)c1S(=O)C(F)(F)F. The van der Waals surface area contributed by atoms with Gasteiger partial charge in [0.15, 0.2) is 16.5 Å². The zero-order chi connectivity index (χ0) is 42.8. The summed E-state index contributed by atoms with van der Waals surface area (Å²) in [4.78, 5) is 11.5. The molecule has 22 heteroatoms. The van der Waals surface area contributed by atoms with Crippen molar-refractivity contribution in [1.29, 1.82) is 10.5 Å². The Morgan fingerprint density at radius 1 is 0.965 bits per heavy atom. The van der Waals surface area contributed by atoms with Gasteiger partial charge in [0.2, 0.25) is 6.10 Å². The number of anilines is 1. The number of para-hydroxylation sites is 1. The Morgan fingerprint density at radius 2 is 1.54 bits per heavy atom. The van der Waals surface area contributed by atoms with Crippen molar-refractivity contribution in [1.82, 2.24) is 9.78 Å². The van der Waals surface area contributed by atoms with E-state index in [2.05, 4.69) is 5.10 Å². The maximum Gasteiger partial charge on any atom is 0.476 e. The maximum atomic E-state index is 12.7. The van der Waals surface area contributed by atoms with Crippen molar-refractivity contribution in [2.45, 2.75) is 42.7 Å². The van der Waals surface area contributed by atoms with Crippen molar-refractivity contribution in [3.05, 3.63) is 105 Å². The van der Waals surface area contributed by atoms with Crippen molar-refractivity contribution in [2.24, 2.45) is 17.3 Å². The monoisotopic (exact) mass is 885 g/mol. The lowest BCUT2D eigenvalue weighted by Crippen LogP contribution is -2.18. The lowest BCUT2D eigenvalue weighted by Gasteiger charge is -2.13. The van der Waals surface area contributed by atoms with Gasteiger partial charge in [0.05, 0.1) is 21.5 Å². The molecule has 5 rings (SSSR count). The number of rotatable bonds is 8. The Kier molecular flexibility index (Phi) is 13.3. The van der Waals surface area contributed by atoms with Crippen molar-refractivity contribution in [3.8, 4) is 29.3 Å². The number of aromatic nitrogens is 2. The van der Waals surface area contributed by atoms with E-state index in [-0.39, 0.29) is 0 Å². The highest BCUT2D eigenvalue weighted by atomic mass is 35.5. The second kappa shape index (κ2) is 16.9. The van der Waals surface area contributed by atoms with E-state index < -0.39 is 101 Å². The average molecular weight is 887 g/mol. The number of allylic oxidation sites excluding steroid dienone is 2. The summed E-state index contributed by atoms with van der Waals surface area (Å²) in [7, 11) is -3.71. The van der Waals surface area contributed by atoms with Crippen LogP contribution in [0.1, 0.15) is 36.8 Å². The molecule has 1 aliphatic carbocycles. The van der Waals surface area contributed by atoms with E-state index in [4.69, 9.17) is 55.3 Å². The molecule has 0 saturated heterocycles. The van der Waals surface area contributed by atoms with Crippen LogP contribution in [0.5, 0.6) is 11.5 Å². The van der Waals surface area contributed by atoms with Crippen molar-refractivity contribution < 1.29 is 58.0 Å². The van der Waals surface area contributed by atoms with Gasteiger partial charge in [-0.15, -0.1) is 0 Å². The van der Waals surface area contributed by atoms with E-state index >= 15 is 0 Å². The van der Waals surface area contributed by atoms with E-state index in [1.165, 1.54) is 6.07 Å². The number of halogens is 12. The molecule has 2 N–H and O–H groups in total. The molecule has 0 aliphatic heterocycles. The molecule has 0 radical (unpaired) electrons. The van der Waals surface area contributed by atoms with E-state index in [1.54, 1.807) is 50.2 Å². The number of ether oxygens (including phenoxy) is 2. The minimum absolute atomic E-state index is 0.392. The minimum atomic E-state index is -5.25. The first-order chi connectivity index (χ1) is 26.3. The molecule has 302 valence electrons. The first-order valence-corrected chi connectivity index (χ1v) is 17.8. The van der Waals surface area contributed by atoms with Crippen LogP contribution in [0.4, 0.5) is 45.3 Å². The fourth-order valence-electron chi connectivity index (χ4n) is 5.31. The molecule has 1 aliphatic rings. The van der Waals surface area contributed by atoms with Crippen LogP contribution >= 0.6 is 34.8 Å². The molecule has 57 heavy (non-hydrogen) atoms. The average Bonchev–Trinajstić information content (AvgIpc) is 3.50. The number of nitrogen functional groups attached to an aromatic ring is 1. The van der Waals surface area contributed by atoms with Gasteiger partial charge in [0.1, 0.15) is 45.1 Å². The minimum Gasteiger partial charge on any atom is -0.457 e. The number of carbonyl (C=O) groups is 1. The van der Waals surface area contributed by atoms with E-state index in [0.29, 0.717) is 33.9 Å². The second-order valence-corrected chi connectivity index (χ2v) is 15.0. The molecular weight excluding hydrogens is 864 g/mol. The van der Waals surface area contributed by atoms with Crippen LogP contribution in [0.3, 0.4) is 0 Å². The summed E-state index contributed by atoms with van der Waals surface area (Å²) in [5.74, 6) is -2.17. The third-order valence-corrected chi connectivity index (χ3v) is 10.3. The van der Waals surface area contributed by atoms with Gasteiger partial charge >= 0.3 is 23.8 Å². The van der Waals surface area contributed by atoms with Gasteiger partial charge < -0.3 is 15.2 Å². The molecule has 0 bridgehead atoms. The van der Waals surface area contributed by atoms with E-state index in [9.17, 15) is 53.8 Å². The largest absolute Gasteiger partial charge is 0.476 e. The number of hydrogen-bond acceptors (Lipinski definition) is 8. The standard InChI is InChI=1S/C23H19ClF3NO3.C12H4Cl2F6N4OS/c1-22(2)17(12-19(24)23(25,26)27)20(22)21(29)31-18(13-28)14-7-6-10-16(11-14)30-15-8-4-3-5-9-15;13-5-1-4(11(15,16)17)2-6(14)8(5)24-10(22)9(7(3-21)23-24)26(25)12(18,19)20/h3-12,17-18,20H,1-2H3;1-2H,22H2/b19-12-;/t17-,18+,20-;/m0./s1. The molecule has 0 spiro atoms. The Bertz CT molecular complexity index is 2280. The molecule has 4 atom stereocenters. The number of nitriles is 2. The Labute approximate surface area is 334 Å². The fourth-order valence-corrected chi connectivity index (χ4v) is 6.86. The summed E-state index contributed by atoms with van der Waals surface area (Å²) in [5, 5.41) is 19.3. The van der Waals surface area contributed by atoms with Gasteiger partial charge in [-0.2, -0.15) is 55.1 Å². The number of nitrogens with zero attached hydrogens (tertiary/aromatic N) is 4. The number of hydrogen-bond donors (Lipinski definition) is 1. The molecule has 3 aromatic carbocycles. The summed E-state index contributed by atoms with van der Waals surface area (Å²) < 4.78 is 138. The Balaban J connectivity index is 0.000000257. The van der Waals surface area contributed by atoms with Crippen LogP contribution in [0.25, 0.3) is 5.69 Å². The Hall–Kier alpha value is -4.95. The van der Waals surface area contributed by atoms with Crippen molar-refractivity contribution >= 4 is 57.4 Å². The van der Waals surface area contributed by atoms with E-state index in [1.807, 2.05) is 24.3 Å². The quantitative estimate of drug-likeness (QED) is 0.136. The predicted octanol–water partition coefficient (Wildman–Crippen LogP) is 10.8. The van der Waals surface area contributed by atoms with E-state index in [0.717, 1.165) is 6.08 Å². The zero-order valence-electron chi connectivity index (χ0n) is 28.6. The van der Waals surface area contributed by atoms with Crippen LogP contribution in [-0.2, 0) is 26.5 Å². The lowest BCUT2D eigenvalue weighted by molar-refractivity contribution is -0.149. The highest BCUT2D eigenvalue weighted by Gasteiger charge is 2.62. The van der Waals surface area contributed by atoms with Crippen LogP contribution < -0.4 is 10.5 Å². The summed E-state index contributed by atoms with van der Waals surface area (Å²) in [6, 6.07) is 19.6. The summed E-state index contributed by atoms with van der Waals surface area (Å²) in [6.07, 6.45) is -9.86. The molecule has 1 heterocycles. The van der Waals surface area contributed by atoms with Crippen molar-refractivity contribution in [3.63, 3.8) is 0 Å². The van der Waals surface area contributed by atoms with Gasteiger partial charge in [-0.3, -0.25) is 4.79 Å². The predicted molar refractivity (Wildman–Crippen MR) is 188 cm³/mol. The van der Waals surface area contributed by atoms with Gasteiger partial charge in [0.25, 0.3) is 0 Å². The number of carbonyl (C=O) groups excluding carboxylic acids is 1. The zero-order valence-corrected chi connectivity index (χ0v) is 31.7. The fraction of sp³-hybridized carbons (Fsp3) is 0.257. The molecule has 1 saturated carbocycles. The molecule has 1 aromatic heterocycles. The molecule has 9 nitrogen and oxygen atoms in total. The summed E-state index contributed by atoms with van der Waals surface area (Å²) >= 11 is 16.8. The molecule has 1 fully saturated rings. The molecule has 1 unspecified atom stereocenters. The normalized spacial score (nSPS) is 17.6. The summed E-state index contributed by atoms with van der Waals surface area (Å²) in [6.45, 7) is 3.30. The Morgan fingerprint density at radius 3 is 2.05 bits per heavy atom. The molecule has 4 aromatic rings. The maximum absolute atomic E-state index is 12.7. The van der Waals surface area contributed by atoms with Gasteiger partial charge in [-0.25, -0.2) is 8.89 Å². The van der Waals surface area contributed by atoms with Gasteiger partial charge in [-0.1, -0.05) is 85.1 Å². The lowest BCUT2D eigenvalue weighted by atomic mass is 10.1. The van der Waals surface area contributed by atoms with Crippen LogP contribution in [0.15, 0.2) is 82.7 Å². The second-order valence-electron chi connectivity index (χ2n) is 12.4.